The molecule has 0 fully saturated rings. The summed E-state index contributed by atoms with van der Waals surface area (Å²) in [6, 6.07) is 37.0. The van der Waals surface area contributed by atoms with Crippen molar-refractivity contribution in [1.82, 2.24) is 0 Å². The molecule has 0 aliphatic heterocycles. The fraction of sp³-hybridized carbons (Fsp3) is 0.318. The maximum atomic E-state index is 3.53. The van der Waals surface area contributed by atoms with Crippen LogP contribution in [0.25, 0.3) is 11.1 Å². The van der Waals surface area contributed by atoms with Gasteiger partial charge in [-0.3, -0.25) is 0 Å². The quantitative estimate of drug-likeness (QED) is 0.209. The van der Waals surface area contributed by atoms with E-state index < -0.39 is 0 Å². The number of rotatable bonds is 2. The van der Waals surface area contributed by atoms with E-state index in [9.17, 15) is 0 Å². The van der Waals surface area contributed by atoms with Crippen LogP contribution in [-0.4, -0.2) is 3.21 Å². The monoisotopic (exact) mass is 738 g/mol. The van der Waals surface area contributed by atoms with E-state index in [1.165, 1.54) is 99.8 Å². The summed E-state index contributed by atoms with van der Waals surface area (Å²) in [6.45, 7) is 24.3. The van der Waals surface area contributed by atoms with Gasteiger partial charge in [-0.2, -0.15) is 52.1 Å². The first kappa shape index (κ1) is 40.7. The Labute approximate surface area is 313 Å². The van der Waals surface area contributed by atoms with E-state index in [0.717, 1.165) is 6.42 Å². The van der Waals surface area contributed by atoms with Gasteiger partial charge in [0.1, 0.15) is 0 Å². The molecule has 0 radical (unpaired) electrons. The molecule has 6 rings (SSSR count). The first-order chi connectivity index (χ1) is 21.0. The van der Waals surface area contributed by atoms with E-state index in [-0.39, 0.29) is 35.6 Å². The molecule has 0 amide bonds. The van der Waals surface area contributed by atoms with Gasteiger partial charge in [0.25, 0.3) is 0 Å². The molecular weight excluding hydrogens is 691 g/mol. The molecule has 0 nitrogen and oxygen atoms in total. The van der Waals surface area contributed by atoms with E-state index in [1.807, 2.05) is 0 Å². The molecule has 1 aliphatic rings. The van der Waals surface area contributed by atoms with Gasteiger partial charge in [0.2, 0.25) is 0 Å². The van der Waals surface area contributed by atoms with Crippen LogP contribution in [0.2, 0.25) is 0 Å². The van der Waals surface area contributed by atoms with Crippen LogP contribution in [-0.2, 0) is 41.5 Å². The standard InChI is InChI=1S/C21H25.C15H14.C8H11.2ClH.Zr/c1-20(2,3)16-9-7-14-11-15-8-10-17(21(4,5)6)13-19(15)18(14)12-16;1-12-3-7-14(8-4-12)11-15-9-5-13(2)6-10-15;1-6-4-7(2)8(3)5-6;;;/h7,9-10,12-13H,11H2,1-6H3;3-10H,1-2H3;4-5H,1-3H3;2*1H;/q-1;;-1;;;+2/p-2. The van der Waals surface area contributed by atoms with Gasteiger partial charge in [0, 0.05) is 0 Å². The van der Waals surface area contributed by atoms with Crippen LogP contribution in [0.3, 0.4) is 0 Å². The third-order valence-electron chi connectivity index (χ3n) is 8.72. The molecule has 0 aromatic heterocycles. The van der Waals surface area contributed by atoms with E-state index in [4.69, 9.17) is 0 Å². The number of halogens is 2. The average Bonchev–Trinajstić information content (AvgIpc) is 3.49. The largest absolute Gasteiger partial charge is 1.00 e. The second-order valence-corrected chi connectivity index (χ2v) is 16.1. The van der Waals surface area contributed by atoms with E-state index >= 15 is 0 Å². The smallest absolute Gasteiger partial charge is 1.00 e. The predicted molar refractivity (Wildman–Crippen MR) is 193 cm³/mol. The summed E-state index contributed by atoms with van der Waals surface area (Å²) in [7, 11) is 0. The zero-order valence-electron chi connectivity index (χ0n) is 30.1. The predicted octanol–water partition coefficient (Wildman–Crippen LogP) is 5.41. The minimum atomic E-state index is 0. The normalized spacial score (nSPS) is 11.4. The minimum Gasteiger partial charge on any atom is -1.00 e. The average molecular weight is 741 g/mol. The van der Waals surface area contributed by atoms with Crippen molar-refractivity contribution in [3.63, 3.8) is 0 Å². The summed E-state index contributed by atoms with van der Waals surface area (Å²) >= 11 is 1.46. The molecule has 0 spiro atoms. The van der Waals surface area contributed by atoms with Crippen molar-refractivity contribution in [2.45, 2.75) is 93.4 Å². The molecular formula is C44H50Cl2Zr-2. The summed E-state index contributed by atoms with van der Waals surface area (Å²) in [5, 5.41) is 0. The number of benzene rings is 4. The van der Waals surface area contributed by atoms with Gasteiger partial charge in [0.15, 0.2) is 0 Å². The van der Waals surface area contributed by atoms with Gasteiger partial charge < -0.3 is 24.8 Å². The fourth-order valence-electron chi connectivity index (χ4n) is 5.54. The molecule has 3 heteroatoms. The van der Waals surface area contributed by atoms with Crippen molar-refractivity contribution in [3.05, 3.63) is 158 Å². The van der Waals surface area contributed by atoms with E-state index in [1.54, 1.807) is 0 Å². The van der Waals surface area contributed by atoms with Gasteiger partial charge in [-0.1, -0.05) is 97.1 Å². The van der Waals surface area contributed by atoms with Gasteiger partial charge in [0.05, 0.1) is 0 Å². The molecule has 0 unspecified atom stereocenters. The van der Waals surface area contributed by atoms with Crippen molar-refractivity contribution in [1.29, 1.82) is 0 Å². The number of fused-ring (bicyclic) bond motifs is 3. The summed E-state index contributed by atoms with van der Waals surface area (Å²) in [6.07, 6.45) is 1.03. The van der Waals surface area contributed by atoms with E-state index in [0.29, 0.717) is 0 Å². The van der Waals surface area contributed by atoms with Gasteiger partial charge in [-0.15, -0.1) is 5.56 Å². The van der Waals surface area contributed by atoms with Gasteiger partial charge >= 0.3 is 112 Å². The second kappa shape index (κ2) is 16.8. The minimum absolute atomic E-state index is 0. The maximum Gasteiger partial charge on any atom is -1.00 e. The molecule has 5 aromatic carbocycles. The molecule has 0 saturated carbocycles. The molecule has 5 aromatic rings. The summed E-state index contributed by atoms with van der Waals surface area (Å²) < 4.78 is 1.42. The fourth-order valence-corrected chi connectivity index (χ4v) is 6.36. The van der Waals surface area contributed by atoms with Crippen molar-refractivity contribution in [2.24, 2.45) is 0 Å². The van der Waals surface area contributed by atoms with Crippen LogP contribution in [0.15, 0.2) is 91.0 Å². The first-order valence-electron chi connectivity index (χ1n) is 16.1. The Kier molecular flexibility index (Phi) is 14.6. The zero-order chi connectivity index (χ0) is 33.1. The van der Waals surface area contributed by atoms with Crippen molar-refractivity contribution >= 4 is 3.21 Å². The van der Waals surface area contributed by atoms with Crippen LogP contribution in [0.1, 0.15) is 103 Å². The molecule has 246 valence electrons. The molecule has 1 aliphatic carbocycles. The Balaban J connectivity index is 0.000000262. The van der Waals surface area contributed by atoms with Crippen molar-refractivity contribution < 1.29 is 49.0 Å². The maximum absolute atomic E-state index is 3.53. The Morgan fingerprint density at radius 1 is 0.638 bits per heavy atom. The van der Waals surface area contributed by atoms with Crippen LogP contribution in [0.5, 0.6) is 0 Å². The SMILES string of the molecule is CC(C)(C)c1c[c-]c2c(c1)-c1cc(C(C)(C)C)ccc1C2.Cc1cc(C)c(C)[cH-]1.Cc1ccc([C](=[Zr+2])c2ccc(C)cc2)cc1.[Cl-].[Cl-]. The Morgan fingerprint density at radius 3 is 1.53 bits per heavy atom. The molecule has 0 atom stereocenters. The molecule has 0 heterocycles. The number of hydrogen-bond acceptors (Lipinski definition) is 0. The molecule has 0 N–H and O–H groups in total. The van der Waals surface area contributed by atoms with Crippen LogP contribution in [0, 0.1) is 40.7 Å². The van der Waals surface area contributed by atoms with E-state index in [2.05, 4.69) is 173 Å². The van der Waals surface area contributed by atoms with Crippen LogP contribution < -0.4 is 24.8 Å². The third kappa shape index (κ3) is 10.8. The molecule has 0 bridgehead atoms. The first-order valence-corrected chi connectivity index (χ1v) is 17.4. The van der Waals surface area contributed by atoms with Crippen LogP contribution >= 0.6 is 0 Å². The Morgan fingerprint density at radius 2 is 1.13 bits per heavy atom. The number of hydrogen-bond donors (Lipinski definition) is 0. The molecule has 47 heavy (non-hydrogen) atoms. The summed E-state index contributed by atoms with van der Waals surface area (Å²) in [5.74, 6) is 0. The third-order valence-corrected chi connectivity index (χ3v) is 10.1. The van der Waals surface area contributed by atoms with Gasteiger partial charge in [-0.25, -0.2) is 6.07 Å². The summed E-state index contributed by atoms with van der Waals surface area (Å²) in [4.78, 5) is 0. The Bertz CT molecular complexity index is 1640. The van der Waals surface area contributed by atoms with Crippen molar-refractivity contribution in [2.75, 3.05) is 0 Å². The zero-order valence-corrected chi connectivity index (χ0v) is 34.1. The summed E-state index contributed by atoms with van der Waals surface area (Å²) in [5.41, 5.74) is 18.3. The van der Waals surface area contributed by atoms with Crippen molar-refractivity contribution in [3.8, 4) is 11.1 Å². The molecule has 0 saturated heterocycles. The number of aryl methyl sites for hydroxylation is 5. The second-order valence-electron chi connectivity index (χ2n) is 14.8. The topological polar surface area (TPSA) is 0 Å². The van der Waals surface area contributed by atoms with Gasteiger partial charge in [-0.05, 0) is 17.4 Å². The Hall–Kier alpha value is -2.44. The van der Waals surface area contributed by atoms with Crippen LogP contribution in [0.4, 0.5) is 0 Å².